The molecule has 0 spiro atoms. The second kappa shape index (κ2) is 7.76. The summed E-state index contributed by atoms with van der Waals surface area (Å²) < 4.78 is 10.4. The van der Waals surface area contributed by atoms with Gasteiger partial charge in [0.25, 0.3) is 0 Å². The Morgan fingerprint density at radius 1 is 1.09 bits per heavy atom. The Labute approximate surface area is 140 Å². The molecule has 1 unspecified atom stereocenters. The third-order valence-corrected chi connectivity index (χ3v) is 3.43. The van der Waals surface area contributed by atoms with E-state index >= 15 is 0 Å². The van der Waals surface area contributed by atoms with Crippen LogP contribution >= 0.6 is 12.4 Å². The minimum Gasteiger partial charge on any atom is -0.497 e. The van der Waals surface area contributed by atoms with Crippen LogP contribution in [0.25, 0.3) is 0 Å². The molecule has 3 rings (SSSR count). The van der Waals surface area contributed by atoms with Gasteiger partial charge in [0.2, 0.25) is 5.89 Å². The standard InChI is InChI=1S/C17H17N3O2.ClH/c1-21-14-9-7-12(8-10-14)11-15-19-17(22-20-15)16(18)13-5-3-2-4-6-13;/h2-10,16H,11,18H2,1H3;1H. The van der Waals surface area contributed by atoms with Crippen LogP contribution in [0.5, 0.6) is 5.75 Å². The van der Waals surface area contributed by atoms with Crippen molar-refractivity contribution in [2.24, 2.45) is 5.73 Å². The maximum atomic E-state index is 6.15. The zero-order chi connectivity index (χ0) is 15.4. The van der Waals surface area contributed by atoms with Crippen molar-refractivity contribution in [3.05, 3.63) is 77.4 Å². The average Bonchev–Trinajstić information content (AvgIpc) is 3.04. The molecule has 2 aromatic carbocycles. The fourth-order valence-corrected chi connectivity index (χ4v) is 2.19. The van der Waals surface area contributed by atoms with E-state index in [1.54, 1.807) is 7.11 Å². The lowest BCUT2D eigenvalue weighted by atomic mass is 10.1. The van der Waals surface area contributed by atoms with Gasteiger partial charge in [-0.1, -0.05) is 47.6 Å². The van der Waals surface area contributed by atoms with Crippen LogP contribution < -0.4 is 10.5 Å². The van der Waals surface area contributed by atoms with Gasteiger partial charge in [-0.25, -0.2) is 0 Å². The van der Waals surface area contributed by atoms with Crippen LogP contribution in [0.3, 0.4) is 0 Å². The minimum absolute atomic E-state index is 0. The summed E-state index contributed by atoms with van der Waals surface area (Å²) in [4.78, 5) is 4.39. The number of ether oxygens (including phenoxy) is 1. The van der Waals surface area contributed by atoms with Crippen molar-refractivity contribution >= 4 is 12.4 Å². The van der Waals surface area contributed by atoms with Gasteiger partial charge in [-0.2, -0.15) is 4.98 Å². The SMILES string of the molecule is COc1ccc(Cc2noc(C(N)c3ccccc3)n2)cc1.Cl. The fourth-order valence-electron chi connectivity index (χ4n) is 2.19. The van der Waals surface area contributed by atoms with Crippen molar-refractivity contribution in [3.63, 3.8) is 0 Å². The summed E-state index contributed by atoms with van der Waals surface area (Å²) >= 11 is 0. The molecule has 0 fully saturated rings. The molecule has 120 valence electrons. The molecule has 3 aromatic rings. The summed E-state index contributed by atoms with van der Waals surface area (Å²) in [5.41, 5.74) is 8.18. The number of rotatable bonds is 5. The third-order valence-electron chi connectivity index (χ3n) is 3.43. The summed E-state index contributed by atoms with van der Waals surface area (Å²) in [6, 6.07) is 17.1. The monoisotopic (exact) mass is 331 g/mol. The van der Waals surface area contributed by atoms with E-state index in [9.17, 15) is 0 Å². The minimum atomic E-state index is -0.404. The summed E-state index contributed by atoms with van der Waals surface area (Å²) in [5, 5.41) is 4.00. The summed E-state index contributed by atoms with van der Waals surface area (Å²) in [7, 11) is 1.64. The molecule has 0 aliphatic heterocycles. The first-order valence-electron chi connectivity index (χ1n) is 7.02. The topological polar surface area (TPSA) is 74.2 Å². The van der Waals surface area contributed by atoms with E-state index in [0.29, 0.717) is 18.1 Å². The molecule has 0 saturated carbocycles. The zero-order valence-corrected chi connectivity index (χ0v) is 13.5. The van der Waals surface area contributed by atoms with Crippen molar-refractivity contribution in [1.82, 2.24) is 10.1 Å². The Morgan fingerprint density at radius 3 is 2.43 bits per heavy atom. The van der Waals surface area contributed by atoms with E-state index in [1.165, 1.54) is 0 Å². The largest absolute Gasteiger partial charge is 0.497 e. The number of nitrogens with two attached hydrogens (primary N) is 1. The lowest BCUT2D eigenvalue weighted by molar-refractivity contribution is 0.363. The van der Waals surface area contributed by atoms with Gasteiger partial charge in [-0.3, -0.25) is 0 Å². The number of aromatic nitrogens is 2. The van der Waals surface area contributed by atoms with E-state index in [4.69, 9.17) is 15.0 Å². The van der Waals surface area contributed by atoms with Crippen LogP contribution in [0.2, 0.25) is 0 Å². The second-order valence-electron chi connectivity index (χ2n) is 4.96. The Morgan fingerprint density at radius 2 is 1.78 bits per heavy atom. The van der Waals surface area contributed by atoms with E-state index in [0.717, 1.165) is 16.9 Å². The van der Waals surface area contributed by atoms with E-state index in [-0.39, 0.29) is 12.4 Å². The van der Waals surface area contributed by atoms with E-state index in [1.807, 2.05) is 54.6 Å². The Bertz CT molecular complexity index is 729. The molecule has 2 N–H and O–H groups in total. The maximum Gasteiger partial charge on any atom is 0.248 e. The number of hydrogen-bond donors (Lipinski definition) is 1. The van der Waals surface area contributed by atoms with E-state index < -0.39 is 6.04 Å². The lowest BCUT2D eigenvalue weighted by Gasteiger charge is -2.05. The van der Waals surface area contributed by atoms with Gasteiger partial charge in [-0.15, -0.1) is 12.4 Å². The predicted molar refractivity (Wildman–Crippen MR) is 89.8 cm³/mol. The van der Waals surface area contributed by atoms with Crippen LogP contribution in [-0.4, -0.2) is 17.3 Å². The van der Waals surface area contributed by atoms with Crippen LogP contribution in [0.1, 0.15) is 28.9 Å². The maximum absolute atomic E-state index is 6.15. The quantitative estimate of drug-likeness (QED) is 0.777. The normalized spacial score (nSPS) is 11.6. The molecule has 23 heavy (non-hydrogen) atoms. The van der Waals surface area contributed by atoms with Crippen LogP contribution in [-0.2, 0) is 6.42 Å². The van der Waals surface area contributed by atoms with Gasteiger partial charge in [0.1, 0.15) is 11.8 Å². The third kappa shape index (κ3) is 4.09. The Kier molecular flexibility index (Phi) is 5.73. The second-order valence-corrected chi connectivity index (χ2v) is 4.96. The van der Waals surface area contributed by atoms with Gasteiger partial charge >= 0.3 is 0 Å². The summed E-state index contributed by atoms with van der Waals surface area (Å²) in [6.45, 7) is 0. The molecule has 0 bridgehead atoms. The Hall–Kier alpha value is -2.37. The number of methoxy groups -OCH3 is 1. The molecule has 0 radical (unpaired) electrons. The van der Waals surface area contributed by atoms with Gasteiger partial charge in [0.15, 0.2) is 5.82 Å². The highest BCUT2D eigenvalue weighted by molar-refractivity contribution is 5.85. The van der Waals surface area contributed by atoms with Crippen molar-refractivity contribution in [1.29, 1.82) is 0 Å². The van der Waals surface area contributed by atoms with Gasteiger partial charge < -0.3 is 15.0 Å². The summed E-state index contributed by atoms with van der Waals surface area (Å²) in [5.74, 6) is 1.87. The van der Waals surface area contributed by atoms with Crippen LogP contribution in [0.4, 0.5) is 0 Å². The Balaban J connectivity index is 0.00000192. The van der Waals surface area contributed by atoms with Gasteiger partial charge in [0.05, 0.1) is 7.11 Å². The first kappa shape index (κ1) is 17.0. The van der Waals surface area contributed by atoms with E-state index in [2.05, 4.69) is 10.1 Å². The highest BCUT2D eigenvalue weighted by Crippen LogP contribution is 2.19. The summed E-state index contributed by atoms with van der Waals surface area (Å²) in [6.07, 6.45) is 0.592. The average molecular weight is 332 g/mol. The van der Waals surface area contributed by atoms with Crippen molar-refractivity contribution in [2.45, 2.75) is 12.5 Å². The van der Waals surface area contributed by atoms with Crippen molar-refractivity contribution < 1.29 is 9.26 Å². The first-order chi connectivity index (χ1) is 10.8. The molecular formula is C17H18ClN3O2. The molecule has 5 nitrogen and oxygen atoms in total. The molecule has 1 heterocycles. The molecule has 1 aromatic heterocycles. The predicted octanol–water partition coefficient (Wildman–Crippen LogP) is 3.14. The van der Waals surface area contributed by atoms with Crippen molar-refractivity contribution in [3.8, 4) is 5.75 Å². The highest BCUT2D eigenvalue weighted by Gasteiger charge is 2.16. The molecule has 0 saturated heterocycles. The molecule has 6 heteroatoms. The molecule has 0 amide bonds. The fraction of sp³-hybridized carbons (Fsp3) is 0.176. The van der Waals surface area contributed by atoms with Crippen LogP contribution in [0, 0.1) is 0 Å². The number of benzene rings is 2. The smallest absolute Gasteiger partial charge is 0.248 e. The molecule has 1 atom stereocenters. The highest BCUT2D eigenvalue weighted by atomic mass is 35.5. The van der Waals surface area contributed by atoms with Gasteiger partial charge in [0, 0.05) is 6.42 Å². The number of nitrogens with zero attached hydrogens (tertiary/aromatic N) is 2. The molecule has 0 aliphatic carbocycles. The molecular weight excluding hydrogens is 314 g/mol. The number of halogens is 1. The first-order valence-corrected chi connectivity index (χ1v) is 7.02. The zero-order valence-electron chi connectivity index (χ0n) is 12.7. The van der Waals surface area contributed by atoms with Gasteiger partial charge in [-0.05, 0) is 23.3 Å². The van der Waals surface area contributed by atoms with Crippen LogP contribution in [0.15, 0.2) is 59.1 Å². The van der Waals surface area contributed by atoms with Crippen molar-refractivity contribution in [2.75, 3.05) is 7.11 Å². The number of hydrogen-bond acceptors (Lipinski definition) is 5. The molecule has 0 aliphatic rings. The lowest BCUT2D eigenvalue weighted by Crippen LogP contribution is -2.12.